The Morgan fingerprint density at radius 2 is 1.96 bits per heavy atom. The number of rotatable bonds is 7. The lowest BCUT2D eigenvalue weighted by Gasteiger charge is -2.26. The Balaban J connectivity index is 0.000000500. The summed E-state index contributed by atoms with van der Waals surface area (Å²) in [6, 6.07) is 5.51. The van der Waals surface area contributed by atoms with Gasteiger partial charge >= 0.3 is 5.97 Å². The van der Waals surface area contributed by atoms with Gasteiger partial charge in [0, 0.05) is 51.4 Å². The number of ether oxygens (including phenoxy) is 1. The lowest BCUT2D eigenvalue weighted by Crippen LogP contribution is -2.44. The van der Waals surface area contributed by atoms with Crippen LogP contribution in [0, 0.1) is 11.6 Å². The summed E-state index contributed by atoms with van der Waals surface area (Å²) in [7, 11) is 0. The van der Waals surface area contributed by atoms with Crippen LogP contribution in [0.1, 0.15) is 19.0 Å². The van der Waals surface area contributed by atoms with Crippen LogP contribution in [0.5, 0.6) is 0 Å². The normalized spacial score (nSPS) is 14.4. The molecule has 0 aliphatic carbocycles. The highest BCUT2D eigenvalue weighted by Gasteiger charge is 2.09. The Hall–Kier alpha value is -2.36. The van der Waals surface area contributed by atoms with Crippen molar-refractivity contribution in [2.24, 2.45) is 0 Å². The van der Waals surface area contributed by atoms with Gasteiger partial charge in [-0.1, -0.05) is 6.92 Å². The number of halogens is 2. The Kier molecular flexibility index (Phi) is 8.99. The molecule has 2 N–H and O–H groups in total. The topological polar surface area (TPSA) is 79.6 Å². The van der Waals surface area contributed by atoms with Gasteiger partial charge in [0.25, 0.3) is 0 Å². The summed E-state index contributed by atoms with van der Waals surface area (Å²) in [6.45, 7) is 7.72. The fourth-order valence-electron chi connectivity index (χ4n) is 2.52. The summed E-state index contributed by atoms with van der Waals surface area (Å²) in [5, 5.41) is 15.3. The molecule has 1 aliphatic rings. The van der Waals surface area contributed by atoms with E-state index >= 15 is 0 Å². The molecule has 9 heteroatoms. The van der Waals surface area contributed by atoms with E-state index in [9.17, 15) is 13.6 Å². The highest BCUT2D eigenvalue weighted by molar-refractivity contribution is 5.66. The van der Waals surface area contributed by atoms with Crippen molar-refractivity contribution in [3.05, 3.63) is 47.8 Å². The highest BCUT2D eigenvalue weighted by Crippen LogP contribution is 2.13. The van der Waals surface area contributed by atoms with Crippen LogP contribution in [0.3, 0.4) is 0 Å². The van der Waals surface area contributed by atoms with Gasteiger partial charge in [0.1, 0.15) is 0 Å². The maximum atomic E-state index is 13.2. The molecule has 1 aromatic heterocycles. The molecule has 1 saturated heterocycles. The second kappa shape index (κ2) is 11.5. The van der Waals surface area contributed by atoms with E-state index in [4.69, 9.17) is 9.84 Å². The standard InChI is InChI=1S/C16H20F2N4O.C3H6O2/c17-15-2-1-14(11-16(15)18)22-6-3-13(20-22)12-23-10-9-21-7-4-19-5-8-21;1-2-3(4)5/h1-3,6,11,19H,4-5,7-10,12H2;2H2,1H3,(H,4,5). The van der Waals surface area contributed by atoms with Gasteiger partial charge in [0.15, 0.2) is 11.6 Å². The molecule has 1 aliphatic heterocycles. The number of piperazine rings is 1. The third-order valence-corrected chi connectivity index (χ3v) is 4.13. The number of hydrogen-bond donors (Lipinski definition) is 2. The minimum absolute atomic E-state index is 0.222. The smallest absolute Gasteiger partial charge is 0.303 e. The van der Waals surface area contributed by atoms with E-state index in [0.717, 1.165) is 50.6 Å². The maximum Gasteiger partial charge on any atom is 0.303 e. The largest absolute Gasteiger partial charge is 0.481 e. The summed E-state index contributed by atoms with van der Waals surface area (Å²) in [5.41, 5.74) is 1.24. The molecule has 3 rings (SSSR count). The third-order valence-electron chi connectivity index (χ3n) is 4.13. The Morgan fingerprint density at radius 3 is 2.61 bits per heavy atom. The van der Waals surface area contributed by atoms with Gasteiger partial charge in [-0.15, -0.1) is 0 Å². The number of nitrogens with zero attached hydrogens (tertiary/aromatic N) is 3. The fraction of sp³-hybridized carbons (Fsp3) is 0.474. The van der Waals surface area contributed by atoms with Crippen molar-refractivity contribution in [2.45, 2.75) is 20.0 Å². The van der Waals surface area contributed by atoms with Crippen LogP contribution in [-0.2, 0) is 16.1 Å². The molecule has 2 aromatic rings. The molecule has 0 spiro atoms. The van der Waals surface area contributed by atoms with Crippen molar-refractivity contribution >= 4 is 5.97 Å². The molecule has 154 valence electrons. The zero-order valence-electron chi connectivity index (χ0n) is 15.9. The van der Waals surface area contributed by atoms with Crippen LogP contribution in [-0.4, -0.2) is 65.1 Å². The molecule has 0 amide bonds. The fourth-order valence-corrected chi connectivity index (χ4v) is 2.52. The predicted octanol–water partition coefficient (Wildman–Crippen LogP) is 2.05. The van der Waals surface area contributed by atoms with Gasteiger partial charge < -0.3 is 15.2 Å². The van der Waals surface area contributed by atoms with E-state index in [0.29, 0.717) is 18.9 Å². The highest BCUT2D eigenvalue weighted by atomic mass is 19.2. The molecule has 0 saturated carbocycles. The van der Waals surface area contributed by atoms with Crippen molar-refractivity contribution in [1.82, 2.24) is 20.0 Å². The summed E-state index contributed by atoms with van der Waals surface area (Å²) in [5.74, 6) is -2.49. The summed E-state index contributed by atoms with van der Waals surface area (Å²) >= 11 is 0. The monoisotopic (exact) mass is 396 g/mol. The summed E-state index contributed by atoms with van der Waals surface area (Å²) < 4.78 is 33.3. The zero-order valence-corrected chi connectivity index (χ0v) is 15.9. The van der Waals surface area contributed by atoms with E-state index in [2.05, 4.69) is 15.3 Å². The zero-order chi connectivity index (χ0) is 20.4. The van der Waals surface area contributed by atoms with Gasteiger partial charge in [-0.05, 0) is 18.2 Å². The third kappa shape index (κ3) is 7.34. The second-order valence-electron chi connectivity index (χ2n) is 6.24. The van der Waals surface area contributed by atoms with Crippen molar-refractivity contribution in [3.63, 3.8) is 0 Å². The molecule has 0 radical (unpaired) electrons. The van der Waals surface area contributed by atoms with Crippen LogP contribution < -0.4 is 5.32 Å². The van der Waals surface area contributed by atoms with Gasteiger partial charge in [0.05, 0.1) is 24.6 Å². The number of nitrogens with one attached hydrogen (secondary N) is 1. The number of carbonyl (C=O) groups is 1. The average molecular weight is 396 g/mol. The van der Waals surface area contributed by atoms with E-state index in [1.165, 1.54) is 10.7 Å². The van der Waals surface area contributed by atoms with Crippen LogP contribution in [0.25, 0.3) is 5.69 Å². The number of aliphatic carboxylic acids is 1. The van der Waals surface area contributed by atoms with E-state index in [1.807, 2.05) is 6.07 Å². The molecule has 0 atom stereocenters. The first-order valence-corrected chi connectivity index (χ1v) is 9.22. The number of aromatic nitrogens is 2. The SMILES string of the molecule is CCC(=O)O.Fc1ccc(-n2ccc(COCCN3CCNCC3)n2)cc1F. The molecular formula is C19H26F2N4O3. The van der Waals surface area contributed by atoms with Gasteiger partial charge in [0.2, 0.25) is 0 Å². The van der Waals surface area contributed by atoms with Crippen LogP contribution in [0.15, 0.2) is 30.5 Å². The van der Waals surface area contributed by atoms with Crippen molar-refractivity contribution < 1.29 is 23.4 Å². The molecule has 7 nitrogen and oxygen atoms in total. The van der Waals surface area contributed by atoms with Crippen LogP contribution in [0.4, 0.5) is 8.78 Å². The van der Waals surface area contributed by atoms with Crippen molar-refractivity contribution in [3.8, 4) is 5.69 Å². The first-order chi connectivity index (χ1) is 13.5. The number of carboxylic acids is 1. The predicted molar refractivity (Wildman–Crippen MR) is 100 cm³/mol. The maximum absolute atomic E-state index is 13.2. The van der Waals surface area contributed by atoms with Gasteiger partial charge in [-0.2, -0.15) is 5.10 Å². The van der Waals surface area contributed by atoms with E-state index in [1.54, 1.807) is 13.1 Å². The average Bonchev–Trinajstić information content (AvgIpc) is 3.17. The molecular weight excluding hydrogens is 370 g/mol. The van der Waals surface area contributed by atoms with Gasteiger partial charge in [-0.3, -0.25) is 9.69 Å². The Labute approximate surface area is 162 Å². The molecule has 28 heavy (non-hydrogen) atoms. The summed E-state index contributed by atoms with van der Waals surface area (Å²) in [6.07, 6.45) is 1.93. The Bertz CT molecular complexity index is 749. The first kappa shape index (κ1) is 21.9. The van der Waals surface area contributed by atoms with Crippen molar-refractivity contribution in [2.75, 3.05) is 39.3 Å². The van der Waals surface area contributed by atoms with Crippen LogP contribution in [0.2, 0.25) is 0 Å². The second-order valence-corrected chi connectivity index (χ2v) is 6.24. The Morgan fingerprint density at radius 1 is 1.25 bits per heavy atom. The minimum atomic E-state index is -0.883. The quantitative estimate of drug-likeness (QED) is 0.698. The molecule has 0 bridgehead atoms. The number of carboxylic acid groups (broad SMARTS) is 1. The summed E-state index contributed by atoms with van der Waals surface area (Å²) in [4.78, 5) is 11.7. The molecule has 1 fully saturated rings. The van der Waals surface area contributed by atoms with Gasteiger partial charge in [-0.25, -0.2) is 13.5 Å². The van der Waals surface area contributed by atoms with Crippen LogP contribution >= 0.6 is 0 Å². The van der Waals surface area contributed by atoms with E-state index < -0.39 is 17.6 Å². The molecule has 2 heterocycles. The molecule has 0 unspecified atom stereocenters. The molecule has 1 aromatic carbocycles. The van der Waals surface area contributed by atoms with E-state index in [-0.39, 0.29) is 6.42 Å². The first-order valence-electron chi connectivity index (χ1n) is 9.22. The van der Waals surface area contributed by atoms with Crippen molar-refractivity contribution in [1.29, 1.82) is 0 Å². The lowest BCUT2D eigenvalue weighted by molar-refractivity contribution is -0.136. The lowest BCUT2D eigenvalue weighted by atomic mass is 10.3. The number of benzene rings is 1. The minimum Gasteiger partial charge on any atom is -0.481 e. The number of hydrogen-bond acceptors (Lipinski definition) is 5.